The number of benzene rings is 2. The van der Waals surface area contributed by atoms with Crippen LogP contribution in [0.4, 0.5) is 0 Å². The molecule has 1 aromatic heterocycles. The first kappa shape index (κ1) is 19.8. The number of methoxy groups -OCH3 is 1. The average Bonchev–Trinajstić information content (AvgIpc) is 3.20. The third kappa shape index (κ3) is 4.38. The fourth-order valence-electron chi connectivity index (χ4n) is 3.75. The Morgan fingerprint density at radius 1 is 1.03 bits per heavy atom. The lowest BCUT2D eigenvalue weighted by atomic mass is 10.1. The monoisotopic (exact) mass is 403 g/mol. The zero-order valence-corrected chi connectivity index (χ0v) is 17.0. The molecule has 30 heavy (non-hydrogen) atoms. The summed E-state index contributed by atoms with van der Waals surface area (Å²) in [6.07, 6.45) is 5.65. The van der Waals surface area contributed by atoms with Crippen molar-refractivity contribution in [2.75, 3.05) is 33.3 Å². The van der Waals surface area contributed by atoms with Gasteiger partial charge in [-0.2, -0.15) is 0 Å². The van der Waals surface area contributed by atoms with Crippen LogP contribution >= 0.6 is 0 Å². The highest BCUT2D eigenvalue weighted by atomic mass is 16.5. The van der Waals surface area contributed by atoms with E-state index >= 15 is 0 Å². The molecule has 1 saturated heterocycles. The van der Waals surface area contributed by atoms with Crippen molar-refractivity contribution in [2.45, 2.75) is 6.42 Å². The maximum absolute atomic E-state index is 12.7. The smallest absolute Gasteiger partial charge is 0.246 e. The zero-order valence-electron chi connectivity index (χ0n) is 17.0. The highest BCUT2D eigenvalue weighted by Gasteiger charge is 2.23. The van der Waals surface area contributed by atoms with Crippen LogP contribution in [0.15, 0.2) is 60.8 Å². The number of carbonyl (C=O) groups is 2. The first-order valence-corrected chi connectivity index (χ1v) is 10.1. The number of aromatic amines is 1. The van der Waals surface area contributed by atoms with Gasteiger partial charge in [0.05, 0.1) is 13.5 Å². The molecule has 0 atom stereocenters. The number of amides is 2. The van der Waals surface area contributed by atoms with Crippen LogP contribution in [0.3, 0.4) is 0 Å². The normalized spacial score (nSPS) is 14.4. The Labute approximate surface area is 175 Å². The fraction of sp³-hybridized carbons (Fsp3) is 0.250. The molecule has 4 rings (SSSR count). The van der Waals surface area contributed by atoms with E-state index in [0.717, 1.165) is 27.8 Å². The van der Waals surface area contributed by atoms with Crippen LogP contribution in [-0.2, 0) is 16.0 Å². The summed E-state index contributed by atoms with van der Waals surface area (Å²) in [6, 6.07) is 15.6. The number of hydrogen-bond donors (Lipinski definition) is 1. The molecule has 1 aliphatic rings. The van der Waals surface area contributed by atoms with E-state index in [1.54, 1.807) is 24.2 Å². The lowest BCUT2D eigenvalue weighted by Gasteiger charge is -2.34. The summed E-state index contributed by atoms with van der Waals surface area (Å²) in [5.41, 5.74) is 2.96. The molecular weight excluding hydrogens is 378 g/mol. The molecule has 0 spiro atoms. The Morgan fingerprint density at radius 3 is 2.60 bits per heavy atom. The predicted molar refractivity (Wildman–Crippen MR) is 117 cm³/mol. The van der Waals surface area contributed by atoms with Crippen molar-refractivity contribution in [3.63, 3.8) is 0 Å². The van der Waals surface area contributed by atoms with Gasteiger partial charge >= 0.3 is 0 Å². The van der Waals surface area contributed by atoms with Crippen molar-refractivity contribution in [1.29, 1.82) is 0 Å². The molecule has 154 valence electrons. The number of aromatic nitrogens is 1. The van der Waals surface area contributed by atoms with Gasteiger partial charge in [-0.3, -0.25) is 9.59 Å². The van der Waals surface area contributed by atoms with Crippen molar-refractivity contribution in [3.05, 3.63) is 71.9 Å². The number of piperazine rings is 1. The second kappa shape index (κ2) is 8.86. The van der Waals surface area contributed by atoms with Gasteiger partial charge in [-0.25, -0.2) is 0 Å². The molecule has 0 unspecified atom stereocenters. The SMILES string of the molecule is COc1cccc(C=CC(=O)N2CCN(C(=O)Cc3c[nH]c4ccccc34)CC2)c1. The molecule has 2 amide bonds. The van der Waals surface area contributed by atoms with Crippen LogP contribution in [0.25, 0.3) is 17.0 Å². The summed E-state index contributed by atoms with van der Waals surface area (Å²) in [5.74, 6) is 0.812. The summed E-state index contributed by atoms with van der Waals surface area (Å²) in [5, 5.41) is 1.09. The van der Waals surface area contributed by atoms with Crippen LogP contribution in [0, 0.1) is 0 Å². The number of nitrogens with zero attached hydrogens (tertiary/aromatic N) is 2. The zero-order chi connectivity index (χ0) is 20.9. The lowest BCUT2D eigenvalue weighted by molar-refractivity contribution is -0.136. The molecule has 2 aromatic carbocycles. The molecule has 1 aliphatic heterocycles. The Kier molecular flexibility index (Phi) is 5.84. The number of rotatable bonds is 5. The first-order valence-electron chi connectivity index (χ1n) is 10.1. The molecule has 1 fully saturated rings. The number of carbonyl (C=O) groups excluding carboxylic acids is 2. The van der Waals surface area contributed by atoms with Crippen LogP contribution in [0.1, 0.15) is 11.1 Å². The highest BCUT2D eigenvalue weighted by Crippen LogP contribution is 2.19. The van der Waals surface area contributed by atoms with Crippen LogP contribution in [-0.4, -0.2) is 59.9 Å². The first-order chi connectivity index (χ1) is 14.6. The summed E-state index contributed by atoms with van der Waals surface area (Å²) in [7, 11) is 1.62. The Morgan fingerprint density at radius 2 is 1.80 bits per heavy atom. The largest absolute Gasteiger partial charge is 0.497 e. The molecule has 1 N–H and O–H groups in total. The van der Waals surface area contributed by atoms with Crippen LogP contribution < -0.4 is 4.74 Å². The number of fused-ring (bicyclic) bond motifs is 1. The van der Waals surface area contributed by atoms with E-state index in [9.17, 15) is 9.59 Å². The van der Waals surface area contributed by atoms with Gasteiger partial charge in [-0.05, 0) is 35.4 Å². The quantitative estimate of drug-likeness (QED) is 0.666. The second-order valence-electron chi connectivity index (χ2n) is 7.35. The van der Waals surface area contributed by atoms with Gasteiger partial charge < -0.3 is 19.5 Å². The highest BCUT2D eigenvalue weighted by molar-refractivity contribution is 5.92. The molecule has 2 heterocycles. The van der Waals surface area contributed by atoms with Gasteiger partial charge in [-0.15, -0.1) is 0 Å². The summed E-state index contributed by atoms with van der Waals surface area (Å²) in [4.78, 5) is 32.1. The van der Waals surface area contributed by atoms with Crippen molar-refractivity contribution < 1.29 is 14.3 Å². The molecule has 0 bridgehead atoms. The minimum absolute atomic E-state index is 0.0402. The fourth-order valence-corrected chi connectivity index (χ4v) is 3.75. The predicted octanol–water partition coefficient (Wildman–Crippen LogP) is 3.10. The second-order valence-corrected chi connectivity index (χ2v) is 7.35. The molecule has 3 aromatic rings. The molecular formula is C24H25N3O3. The van der Waals surface area contributed by atoms with Crippen molar-refractivity contribution in [1.82, 2.24) is 14.8 Å². The van der Waals surface area contributed by atoms with Gasteiger partial charge in [-0.1, -0.05) is 30.3 Å². The Hall–Kier alpha value is -3.54. The number of nitrogens with one attached hydrogen (secondary N) is 1. The minimum atomic E-state index is -0.0402. The number of para-hydroxylation sites is 1. The molecule has 6 heteroatoms. The molecule has 6 nitrogen and oxygen atoms in total. The summed E-state index contributed by atoms with van der Waals surface area (Å²) >= 11 is 0. The third-order valence-corrected chi connectivity index (χ3v) is 5.47. The summed E-state index contributed by atoms with van der Waals surface area (Å²) < 4.78 is 5.20. The van der Waals surface area contributed by atoms with E-state index in [0.29, 0.717) is 32.6 Å². The topological polar surface area (TPSA) is 65.6 Å². The summed E-state index contributed by atoms with van der Waals surface area (Å²) in [6.45, 7) is 2.20. The van der Waals surface area contributed by atoms with Crippen molar-refractivity contribution in [3.8, 4) is 5.75 Å². The lowest BCUT2D eigenvalue weighted by Crippen LogP contribution is -2.50. The van der Waals surface area contributed by atoms with E-state index in [1.165, 1.54) is 0 Å². The van der Waals surface area contributed by atoms with E-state index in [-0.39, 0.29) is 11.8 Å². The van der Waals surface area contributed by atoms with Gasteiger partial charge in [0.1, 0.15) is 5.75 Å². The van der Waals surface area contributed by atoms with Crippen molar-refractivity contribution >= 4 is 28.8 Å². The minimum Gasteiger partial charge on any atom is -0.497 e. The van der Waals surface area contributed by atoms with Crippen LogP contribution in [0.2, 0.25) is 0 Å². The maximum Gasteiger partial charge on any atom is 0.246 e. The van der Waals surface area contributed by atoms with E-state index in [4.69, 9.17) is 4.74 Å². The van der Waals surface area contributed by atoms with Crippen LogP contribution in [0.5, 0.6) is 5.75 Å². The number of ether oxygens (including phenoxy) is 1. The van der Waals surface area contributed by atoms with E-state index in [2.05, 4.69) is 4.98 Å². The van der Waals surface area contributed by atoms with E-state index < -0.39 is 0 Å². The van der Waals surface area contributed by atoms with Crippen molar-refractivity contribution in [2.24, 2.45) is 0 Å². The maximum atomic E-state index is 12.7. The Balaban J connectivity index is 1.31. The Bertz CT molecular complexity index is 1080. The van der Waals surface area contributed by atoms with Gasteiger partial charge in [0.15, 0.2) is 0 Å². The van der Waals surface area contributed by atoms with Gasteiger partial charge in [0.2, 0.25) is 11.8 Å². The number of H-pyrrole nitrogens is 1. The number of hydrogen-bond acceptors (Lipinski definition) is 3. The molecule has 0 saturated carbocycles. The van der Waals surface area contributed by atoms with Gasteiger partial charge in [0.25, 0.3) is 0 Å². The van der Waals surface area contributed by atoms with E-state index in [1.807, 2.05) is 59.6 Å². The van der Waals surface area contributed by atoms with Gasteiger partial charge in [0, 0.05) is 49.4 Å². The third-order valence-electron chi connectivity index (χ3n) is 5.47. The average molecular weight is 403 g/mol. The standard InChI is InChI=1S/C24H25N3O3/c1-30-20-6-4-5-18(15-20)9-10-23(28)26-11-13-27(14-12-26)24(29)16-19-17-25-22-8-3-2-7-21(19)22/h2-10,15,17,25H,11-14,16H2,1H3. The molecule has 0 aliphatic carbocycles. The molecule has 0 radical (unpaired) electrons.